The number of carbonyl (C=O) groups is 2. The van der Waals surface area contributed by atoms with Crippen molar-refractivity contribution in [2.75, 3.05) is 31.2 Å². The first-order chi connectivity index (χ1) is 16.7. The van der Waals surface area contributed by atoms with Crippen molar-refractivity contribution in [2.45, 2.75) is 18.9 Å². The Morgan fingerprint density at radius 2 is 1.24 bits per heavy atom. The van der Waals surface area contributed by atoms with Crippen LogP contribution in [0.15, 0.2) is 96.1 Å². The highest BCUT2D eigenvalue weighted by molar-refractivity contribution is 6.40. The molecule has 3 aromatic rings. The first-order valence-corrected chi connectivity index (χ1v) is 11.8. The molecule has 5 rings (SSSR count). The van der Waals surface area contributed by atoms with Gasteiger partial charge in [-0.15, -0.1) is 0 Å². The average Bonchev–Trinajstić information content (AvgIpc) is 2.91. The van der Waals surface area contributed by atoms with Crippen LogP contribution in [-0.2, 0) is 9.59 Å². The lowest BCUT2D eigenvalue weighted by Crippen LogP contribution is -2.52. The molecule has 0 atom stereocenters. The molecule has 0 bridgehead atoms. The molecule has 3 aromatic carbocycles. The van der Waals surface area contributed by atoms with Crippen LogP contribution in [-0.4, -0.2) is 53.5 Å². The summed E-state index contributed by atoms with van der Waals surface area (Å²) in [5.41, 5.74) is 3.65. The van der Waals surface area contributed by atoms with Crippen LogP contribution in [0, 0.1) is 0 Å². The lowest BCUT2D eigenvalue weighted by atomic mass is 9.96. The Hall–Kier alpha value is -3.77. The quantitative estimate of drug-likeness (QED) is 0.586. The molecule has 2 heterocycles. The molecular weight excluding hydrogens is 424 g/mol. The second-order valence-corrected chi connectivity index (χ2v) is 8.64. The Bertz CT molecular complexity index is 1120. The van der Waals surface area contributed by atoms with Crippen molar-refractivity contribution in [1.29, 1.82) is 0 Å². The highest BCUT2D eigenvalue weighted by atomic mass is 16.2. The highest BCUT2D eigenvalue weighted by Gasteiger charge is 2.32. The van der Waals surface area contributed by atoms with E-state index in [0.717, 1.165) is 13.1 Å². The Balaban J connectivity index is 1.30. The van der Waals surface area contributed by atoms with Crippen LogP contribution in [0.4, 0.5) is 5.69 Å². The van der Waals surface area contributed by atoms with Crippen molar-refractivity contribution in [1.82, 2.24) is 9.80 Å². The fraction of sp³-hybridized carbons (Fsp3) is 0.250. The second-order valence-electron chi connectivity index (χ2n) is 8.64. The van der Waals surface area contributed by atoms with E-state index >= 15 is 0 Å². The van der Waals surface area contributed by atoms with Gasteiger partial charge in [0.1, 0.15) is 5.71 Å². The minimum atomic E-state index is -0.0823. The van der Waals surface area contributed by atoms with E-state index < -0.39 is 0 Å². The van der Waals surface area contributed by atoms with Crippen molar-refractivity contribution in [3.63, 3.8) is 0 Å². The largest absolute Gasteiger partial charge is 0.335 e. The summed E-state index contributed by atoms with van der Waals surface area (Å²) in [6.07, 6.45) is 0.682. The third-order valence-electron chi connectivity index (χ3n) is 6.48. The molecule has 0 radical (unpaired) electrons. The van der Waals surface area contributed by atoms with Gasteiger partial charge in [-0.2, -0.15) is 5.10 Å². The molecule has 0 saturated carbocycles. The van der Waals surface area contributed by atoms with Crippen LogP contribution in [0.2, 0.25) is 0 Å². The molecule has 2 aliphatic rings. The fourth-order valence-corrected chi connectivity index (χ4v) is 4.73. The van der Waals surface area contributed by atoms with E-state index in [9.17, 15) is 9.59 Å². The number of hydrazone groups is 1. The van der Waals surface area contributed by atoms with Crippen LogP contribution >= 0.6 is 0 Å². The van der Waals surface area contributed by atoms with E-state index in [1.807, 2.05) is 47.4 Å². The predicted octanol–water partition coefficient (Wildman–Crippen LogP) is 4.10. The Labute approximate surface area is 200 Å². The number of hydrogen-bond donors (Lipinski definition) is 0. The van der Waals surface area contributed by atoms with Crippen molar-refractivity contribution in [3.8, 4) is 0 Å². The molecule has 6 heteroatoms. The molecule has 172 valence electrons. The van der Waals surface area contributed by atoms with Gasteiger partial charge in [-0.1, -0.05) is 78.9 Å². The monoisotopic (exact) mass is 452 g/mol. The zero-order valence-electron chi connectivity index (χ0n) is 19.1. The normalized spacial score (nSPS) is 17.1. The fourth-order valence-electron chi connectivity index (χ4n) is 4.73. The first-order valence-electron chi connectivity index (χ1n) is 11.8. The van der Waals surface area contributed by atoms with E-state index in [-0.39, 0.29) is 17.9 Å². The summed E-state index contributed by atoms with van der Waals surface area (Å²) in [6.45, 7) is 2.81. The maximum Gasteiger partial charge on any atom is 0.270 e. The zero-order chi connectivity index (χ0) is 23.3. The summed E-state index contributed by atoms with van der Waals surface area (Å²) >= 11 is 0. The van der Waals surface area contributed by atoms with Gasteiger partial charge in [0.2, 0.25) is 5.91 Å². The molecule has 1 fully saturated rings. The number of nitrogens with zero attached hydrogens (tertiary/aromatic N) is 4. The van der Waals surface area contributed by atoms with Crippen LogP contribution < -0.4 is 5.01 Å². The number of hydrogen-bond acceptors (Lipinski definition) is 4. The maximum absolute atomic E-state index is 13.3. The van der Waals surface area contributed by atoms with Gasteiger partial charge >= 0.3 is 0 Å². The summed E-state index contributed by atoms with van der Waals surface area (Å²) in [5.74, 6) is -0.148. The lowest BCUT2D eigenvalue weighted by molar-refractivity contribution is -0.126. The molecule has 0 aliphatic carbocycles. The van der Waals surface area contributed by atoms with Crippen molar-refractivity contribution in [2.24, 2.45) is 5.10 Å². The van der Waals surface area contributed by atoms with Gasteiger partial charge in [-0.05, 0) is 23.3 Å². The summed E-state index contributed by atoms with van der Waals surface area (Å²) in [7, 11) is 0. The van der Waals surface area contributed by atoms with Crippen LogP contribution in [0.3, 0.4) is 0 Å². The third-order valence-corrected chi connectivity index (χ3v) is 6.48. The van der Waals surface area contributed by atoms with Crippen LogP contribution in [0.1, 0.15) is 30.0 Å². The van der Waals surface area contributed by atoms with E-state index in [2.05, 4.69) is 58.5 Å². The SMILES string of the molecule is O=C(C1=NN(c2ccccc2)C(=O)CC1)N1CCN(C(c2ccccc2)c2ccccc2)CC1. The van der Waals surface area contributed by atoms with E-state index in [4.69, 9.17) is 0 Å². The topological polar surface area (TPSA) is 56.2 Å². The highest BCUT2D eigenvalue weighted by Crippen LogP contribution is 2.29. The molecule has 0 N–H and O–H groups in total. The van der Waals surface area contributed by atoms with Gasteiger partial charge in [-0.3, -0.25) is 14.5 Å². The Morgan fingerprint density at radius 3 is 1.79 bits per heavy atom. The van der Waals surface area contributed by atoms with E-state index in [1.54, 1.807) is 0 Å². The number of rotatable bonds is 5. The number of anilines is 1. The van der Waals surface area contributed by atoms with Gasteiger partial charge in [-0.25, -0.2) is 5.01 Å². The zero-order valence-corrected chi connectivity index (χ0v) is 19.1. The Kier molecular flexibility index (Phi) is 6.49. The van der Waals surface area contributed by atoms with Crippen LogP contribution in [0.5, 0.6) is 0 Å². The van der Waals surface area contributed by atoms with Gasteiger partial charge in [0.25, 0.3) is 5.91 Å². The molecule has 6 nitrogen and oxygen atoms in total. The molecule has 0 spiro atoms. The van der Waals surface area contributed by atoms with E-state index in [1.165, 1.54) is 16.1 Å². The lowest BCUT2D eigenvalue weighted by Gasteiger charge is -2.40. The Morgan fingerprint density at radius 1 is 0.706 bits per heavy atom. The molecule has 2 amide bonds. The minimum Gasteiger partial charge on any atom is -0.335 e. The number of piperazine rings is 1. The van der Waals surface area contributed by atoms with E-state index in [0.29, 0.717) is 37.3 Å². The van der Waals surface area contributed by atoms with Gasteiger partial charge in [0, 0.05) is 39.0 Å². The molecule has 0 aromatic heterocycles. The maximum atomic E-state index is 13.3. The van der Waals surface area contributed by atoms with Crippen molar-refractivity contribution >= 4 is 23.2 Å². The smallest absolute Gasteiger partial charge is 0.270 e. The summed E-state index contributed by atoms with van der Waals surface area (Å²) in [5, 5.41) is 5.82. The van der Waals surface area contributed by atoms with Gasteiger partial charge in [0.15, 0.2) is 0 Å². The summed E-state index contributed by atoms with van der Waals surface area (Å²) < 4.78 is 0. The van der Waals surface area contributed by atoms with Crippen molar-refractivity contribution < 1.29 is 9.59 Å². The standard InChI is InChI=1S/C28H28N4O2/c33-26-17-16-25(29-32(26)24-14-8-3-9-15-24)28(34)31-20-18-30(19-21-31)27(22-10-4-1-5-11-22)23-12-6-2-7-13-23/h1-15,27H,16-21H2. The second kappa shape index (κ2) is 10.0. The number of carbonyl (C=O) groups excluding carboxylic acids is 2. The summed E-state index contributed by atoms with van der Waals surface area (Å²) in [4.78, 5) is 30.0. The number of para-hydroxylation sites is 1. The number of benzene rings is 3. The van der Waals surface area contributed by atoms with Crippen molar-refractivity contribution in [3.05, 3.63) is 102 Å². The third kappa shape index (κ3) is 4.63. The summed E-state index contributed by atoms with van der Waals surface area (Å²) in [6, 6.07) is 30.5. The molecule has 2 aliphatic heterocycles. The minimum absolute atomic E-state index is 0.0657. The van der Waals surface area contributed by atoms with Gasteiger partial charge < -0.3 is 4.90 Å². The molecule has 0 unspecified atom stereocenters. The molecule has 34 heavy (non-hydrogen) atoms. The molecular formula is C28H28N4O2. The van der Waals surface area contributed by atoms with Gasteiger partial charge in [0.05, 0.1) is 11.7 Å². The first kappa shape index (κ1) is 22.0. The average molecular weight is 453 g/mol. The number of amides is 2. The molecule has 1 saturated heterocycles. The van der Waals surface area contributed by atoms with Crippen LogP contribution in [0.25, 0.3) is 0 Å². The predicted molar refractivity (Wildman–Crippen MR) is 133 cm³/mol.